The molecule has 4 nitrogen and oxygen atoms in total. The van der Waals surface area contributed by atoms with E-state index >= 15 is 0 Å². The van der Waals surface area contributed by atoms with Gasteiger partial charge < -0.3 is 5.32 Å². The molecular formula is C15H22N2O2. The maximum atomic E-state index is 10.7. The highest BCUT2D eigenvalue weighted by molar-refractivity contribution is 5.56. The molecule has 1 fully saturated rings. The van der Waals surface area contributed by atoms with Gasteiger partial charge in [-0.15, -0.1) is 0 Å². The third kappa shape index (κ3) is 3.25. The van der Waals surface area contributed by atoms with Gasteiger partial charge in [-0.3, -0.25) is 10.1 Å². The van der Waals surface area contributed by atoms with Crippen molar-refractivity contribution in [2.45, 2.75) is 46.1 Å². The molecule has 0 radical (unpaired) electrons. The number of nitro benzene ring substituents is 1. The molecule has 1 aliphatic rings. The van der Waals surface area contributed by atoms with Crippen LogP contribution in [-0.4, -0.2) is 11.0 Å². The largest absolute Gasteiger partial charge is 0.382 e. The molecule has 3 unspecified atom stereocenters. The van der Waals surface area contributed by atoms with Gasteiger partial charge in [0, 0.05) is 23.9 Å². The van der Waals surface area contributed by atoms with Crippen molar-refractivity contribution >= 4 is 11.4 Å². The molecule has 1 aliphatic carbocycles. The summed E-state index contributed by atoms with van der Waals surface area (Å²) in [6.45, 7) is 6.52. The first-order valence-electron chi connectivity index (χ1n) is 6.99. The van der Waals surface area contributed by atoms with E-state index in [-0.39, 0.29) is 10.6 Å². The molecule has 0 aromatic heterocycles. The van der Waals surface area contributed by atoms with Gasteiger partial charge in [-0.25, -0.2) is 0 Å². The minimum atomic E-state index is -0.346. The van der Waals surface area contributed by atoms with Crippen LogP contribution in [0.2, 0.25) is 0 Å². The monoisotopic (exact) mass is 262 g/mol. The van der Waals surface area contributed by atoms with E-state index in [9.17, 15) is 10.1 Å². The maximum Gasteiger partial charge on any atom is 0.269 e. The van der Waals surface area contributed by atoms with Crippen molar-refractivity contribution in [3.8, 4) is 0 Å². The number of anilines is 1. The number of nitro groups is 1. The zero-order chi connectivity index (χ0) is 14.0. The molecule has 1 N–H and O–H groups in total. The molecule has 2 rings (SSSR count). The number of rotatable bonds is 3. The number of hydrogen-bond donors (Lipinski definition) is 1. The third-order valence-electron chi connectivity index (χ3n) is 4.19. The molecule has 1 saturated carbocycles. The molecule has 104 valence electrons. The van der Waals surface area contributed by atoms with E-state index in [0.717, 1.165) is 17.2 Å². The summed E-state index contributed by atoms with van der Waals surface area (Å²) < 4.78 is 0. The zero-order valence-electron chi connectivity index (χ0n) is 11.8. The van der Waals surface area contributed by atoms with E-state index in [1.807, 2.05) is 13.0 Å². The molecule has 0 amide bonds. The Morgan fingerprint density at radius 1 is 1.32 bits per heavy atom. The van der Waals surface area contributed by atoms with Crippen LogP contribution < -0.4 is 5.32 Å². The highest BCUT2D eigenvalue weighted by Gasteiger charge is 2.25. The summed E-state index contributed by atoms with van der Waals surface area (Å²) >= 11 is 0. The average Bonchev–Trinajstić information content (AvgIpc) is 2.34. The van der Waals surface area contributed by atoms with Gasteiger partial charge in [0.2, 0.25) is 0 Å². The molecule has 0 heterocycles. The van der Waals surface area contributed by atoms with Gasteiger partial charge in [-0.2, -0.15) is 0 Å². The fourth-order valence-corrected chi connectivity index (χ4v) is 3.00. The molecule has 1 aromatic rings. The quantitative estimate of drug-likeness (QED) is 0.658. The van der Waals surface area contributed by atoms with E-state index in [4.69, 9.17) is 0 Å². The Bertz CT molecular complexity index is 473. The van der Waals surface area contributed by atoms with E-state index in [1.54, 1.807) is 12.1 Å². The summed E-state index contributed by atoms with van der Waals surface area (Å²) in [6, 6.07) is 5.53. The predicted molar refractivity (Wildman–Crippen MR) is 77.4 cm³/mol. The minimum Gasteiger partial charge on any atom is -0.382 e. The molecule has 0 spiro atoms. The summed E-state index contributed by atoms with van der Waals surface area (Å²) in [5.74, 6) is 1.46. The maximum absolute atomic E-state index is 10.7. The molecule has 0 saturated heterocycles. The van der Waals surface area contributed by atoms with Crippen LogP contribution in [-0.2, 0) is 0 Å². The molecule has 4 heteroatoms. The lowest BCUT2D eigenvalue weighted by Crippen LogP contribution is -2.33. The van der Waals surface area contributed by atoms with Gasteiger partial charge in [-0.1, -0.05) is 13.8 Å². The van der Waals surface area contributed by atoms with Crippen molar-refractivity contribution in [2.24, 2.45) is 11.8 Å². The second kappa shape index (κ2) is 5.59. The van der Waals surface area contributed by atoms with Crippen molar-refractivity contribution in [3.63, 3.8) is 0 Å². The van der Waals surface area contributed by atoms with Crippen molar-refractivity contribution in [1.29, 1.82) is 0 Å². The standard InChI is InChI=1S/C15H22N2O2/c1-10-4-6-14(11(2)8-10)16-15-7-5-13(17(18)19)9-12(15)3/h5,7,9-11,14,16H,4,6,8H2,1-3H3. The minimum absolute atomic E-state index is 0.161. The zero-order valence-corrected chi connectivity index (χ0v) is 11.8. The predicted octanol–water partition coefficient (Wildman–Crippen LogP) is 4.14. The Balaban J connectivity index is 2.09. The Kier molecular flexibility index (Phi) is 4.08. The average molecular weight is 262 g/mol. The Morgan fingerprint density at radius 3 is 2.63 bits per heavy atom. The van der Waals surface area contributed by atoms with Gasteiger partial charge in [-0.05, 0) is 49.7 Å². The fraction of sp³-hybridized carbons (Fsp3) is 0.600. The molecule has 3 atom stereocenters. The van der Waals surface area contributed by atoms with Crippen LogP contribution in [0.15, 0.2) is 18.2 Å². The first-order valence-corrected chi connectivity index (χ1v) is 6.99. The van der Waals surface area contributed by atoms with E-state index in [1.165, 1.54) is 19.3 Å². The van der Waals surface area contributed by atoms with Gasteiger partial charge in [0.05, 0.1) is 4.92 Å². The number of non-ortho nitro benzene ring substituents is 1. The lowest BCUT2D eigenvalue weighted by Gasteiger charge is -2.34. The van der Waals surface area contributed by atoms with Crippen molar-refractivity contribution in [3.05, 3.63) is 33.9 Å². The molecule has 1 aromatic carbocycles. The highest BCUT2D eigenvalue weighted by atomic mass is 16.6. The van der Waals surface area contributed by atoms with Crippen LogP contribution in [0.4, 0.5) is 11.4 Å². The highest BCUT2D eigenvalue weighted by Crippen LogP contribution is 2.32. The summed E-state index contributed by atoms with van der Waals surface area (Å²) in [5.41, 5.74) is 2.13. The fourth-order valence-electron chi connectivity index (χ4n) is 3.00. The summed E-state index contributed by atoms with van der Waals surface area (Å²) in [6.07, 6.45) is 3.69. The SMILES string of the molecule is Cc1cc([N+](=O)[O-])ccc1NC1CCC(C)CC1C. The van der Waals surface area contributed by atoms with Crippen LogP contribution in [0.25, 0.3) is 0 Å². The van der Waals surface area contributed by atoms with Crippen LogP contribution in [0.1, 0.15) is 38.7 Å². The first kappa shape index (κ1) is 13.8. The third-order valence-corrected chi connectivity index (χ3v) is 4.19. The number of nitrogens with zero attached hydrogens (tertiary/aromatic N) is 1. The Hall–Kier alpha value is -1.58. The van der Waals surface area contributed by atoms with Crippen LogP contribution in [0.3, 0.4) is 0 Å². The lowest BCUT2D eigenvalue weighted by molar-refractivity contribution is -0.384. The summed E-state index contributed by atoms with van der Waals surface area (Å²) in [5, 5.41) is 14.3. The molecule has 19 heavy (non-hydrogen) atoms. The molecule has 0 aliphatic heterocycles. The topological polar surface area (TPSA) is 55.2 Å². The second-order valence-corrected chi connectivity index (χ2v) is 5.90. The van der Waals surface area contributed by atoms with Gasteiger partial charge in [0.25, 0.3) is 5.69 Å². The second-order valence-electron chi connectivity index (χ2n) is 5.90. The summed E-state index contributed by atoms with van der Waals surface area (Å²) in [4.78, 5) is 10.4. The van der Waals surface area contributed by atoms with Crippen molar-refractivity contribution < 1.29 is 4.92 Å². The Labute approximate surface area is 114 Å². The van der Waals surface area contributed by atoms with Gasteiger partial charge in [0.1, 0.15) is 0 Å². The van der Waals surface area contributed by atoms with E-state index in [0.29, 0.717) is 12.0 Å². The van der Waals surface area contributed by atoms with E-state index < -0.39 is 0 Å². The molecule has 0 bridgehead atoms. The van der Waals surface area contributed by atoms with Gasteiger partial charge in [0.15, 0.2) is 0 Å². The van der Waals surface area contributed by atoms with Gasteiger partial charge >= 0.3 is 0 Å². The number of nitrogens with one attached hydrogen (secondary N) is 1. The first-order chi connectivity index (χ1) is 8.97. The normalized spacial score (nSPS) is 27.0. The molecular weight excluding hydrogens is 240 g/mol. The van der Waals surface area contributed by atoms with Crippen LogP contribution in [0.5, 0.6) is 0 Å². The Morgan fingerprint density at radius 2 is 2.05 bits per heavy atom. The summed E-state index contributed by atoms with van der Waals surface area (Å²) in [7, 11) is 0. The lowest BCUT2D eigenvalue weighted by atomic mass is 9.80. The smallest absolute Gasteiger partial charge is 0.269 e. The van der Waals surface area contributed by atoms with Crippen molar-refractivity contribution in [1.82, 2.24) is 0 Å². The number of hydrogen-bond acceptors (Lipinski definition) is 3. The van der Waals surface area contributed by atoms with Crippen LogP contribution >= 0.6 is 0 Å². The van der Waals surface area contributed by atoms with Crippen LogP contribution in [0, 0.1) is 28.9 Å². The number of aryl methyl sites for hydroxylation is 1. The van der Waals surface area contributed by atoms with Crippen molar-refractivity contribution in [2.75, 3.05) is 5.32 Å². The van der Waals surface area contributed by atoms with E-state index in [2.05, 4.69) is 19.2 Å². The number of benzene rings is 1.